The third-order valence-corrected chi connectivity index (χ3v) is 7.40. The molecule has 37 heavy (non-hydrogen) atoms. The van der Waals surface area contributed by atoms with Crippen molar-refractivity contribution in [2.75, 3.05) is 6.61 Å². The van der Waals surface area contributed by atoms with Gasteiger partial charge in [0.15, 0.2) is 0 Å². The highest BCUT2D eigenvalue weighted by Crippen LogP contribution is 2.41. The van der Waals surface area contributed by atoms with Gasteiger partial charge in [0, 0.05) is 23.9 Å². The largest absolute Gasteiger partial charge is 0.491 e. The summed E-state index contributed by atoms with van der Waals surface area (Å²) < 4.78 is 13.7. The third kappa shape index (κ3) is 6.24. The molecule has 0 amide bonds. The van der Waals surface area contributed by atoms with Gasteiger partial charge in [0.2, 0.25) is 0 Å². The van der Waals surface area contributed by atoms with Gasteiger partial charge < -0.3 is 19.1 Å². The zero-order valence-electron chi connectivity index (χ0n) is 23.4. The molecule has 0 saturated carbocycles. The highest BCUT2D eigenvalue weighted by atomic mass is 16.5. The molecular weight excluding hydrogens is 464 g/mol. The lowest BCUT2D eigenvalue weighted by Gasteiger charge is -2.34. The molecule has 6 nitrogen and oxygen atoms in total. The van der Waals surface area contributed by atoms with E-state index in [2.05, 4.69) is 48.5 Å². The summed E-state index contributed by atoms with van der Waals surface area (Å²) in [6, 6.07) is 15.8. The van der Waals surface area contributed by atoms with Gasteiger partial charge in [-0.3, -0.25) is 4.98 Å². The Morgan fingerprint density at radius 1 is 1.05 bits per heavy atom. The number of carbonyl (C=O) groups is 1. The SMILES string of the molecule is CCn1c(C(=O)OCc2ccccn2)ccc1C(CC)(CC)c1ccc(OCC(O)C(C)(C)C)c(C)c1. The Labute approximate surface area is 221 Å². The predicted molar refractivity (Wildman–Crippen MR) is 147 cm³/mol. The number of carbonyl (C=O) groups excluding carboxylic acids is 1. The van der Waals surface area contributed by atoms with Gasteiger partial charge in [-0.2, -0.15) is 0 Å². The number of aromatic nitrogens is 2. The van der Waals surface area contributed by atoms with Gasteiger partial charge in [-0.15, -0.1) is 0 Å². The van der Waals surface area contributed by atoms with Gasteiger partial charge >= 0.3 is 5.97 Å². The normalized spacial score (nSPS) is 12.9. The molecule has 0 aliphatic carbocycles. The smallest absolute Gasteiger partial charge is 0.355 e. The topological polar surface area (TPSA) is 73.6 Å². The van der Waals surface area contributed by atoms with E-state index in [1.807, 2.05) is 58.0 Å². The number of ether oxygens (including phenoxy) is 2. The van der Waals surface area contributed by atoms with Gasteiger partial charge in [0.05, 0.1) is 11.8 Å². The molecule has 1 aromatic carbocycles. The van der Waals surface area contributed by atoms with Crippen molar-refractivity contribution >= 4 is 5.97 Å². The molecule has 0 radical (unpaired) electrons. The van der Waals surface area contributed by atoms with Crippen molar-refractivity contribution in [1.82, 2.24) is 9.55 Å². The Kier molecular flexibility index (Phi) is 9.19. The van der Waals surface area contributed by atoms with Crippen molar-refractivity contribution in [3.05, 3.63) is 82.9 Å². The molecule has 1 unspecified atom stereocenters. The van der Waals surface area contributed by atoms with E-state index in [1.165, 1.54) is 5.56 Å². The summed E-state index contributed by atoms with van der Waals surface area (Å²) in [6.07, 6.45) is 2.88. The monoisotopic (exact) mass is 506 g/mol. The van der Waals surface area contributed by atoms with Gasteiger partial charge in [-0.1, -0.05) is 52.8 Å². The molecule has 0 aliphatic rings. The number of pyridine rings is 1. The molecule has 0 spiro atoms. The molecule has 2 aromatic heterocycles. The zero-order valence-corrected chi connectivity index (χ0v) is 23.4. The van der Waals surface area contributed by atoms with Crippen LogP contribution < -0.4 is 4.74 Å². The van der Waals surface area contributed by atoms with E-state index in [9.17, 15) is 9.90 Å². The molecule has 1 atom stereocenters. The van der Waals surface area contributed by atoms with Gasteiger partial charge in [0.1, 0.15) is 24.7 Å². The maximum atomic E-state index is 13.0. The van der Waals surface area contributed by atoms with Crippen LogP contribution in [0.15, 0.2) is 54.7 Å². The van der Waals surface area contributed by atoms with E-state index in [1.54, 1.807) is 6.20 Å². The minimum atomic E-state index is -0.555. The van der Waals surface area contributed by atoms with E-state index >= 15 is 0 Å². The summed E-state index contributed by atoms with van der Waals surface area (Å²) in [7, 11) is 0. The Morgan fingerprint density at radius 3 is 2.35 bits per heavy atom. The molecule has 1 N–H and O–H groups in total. The van der Waals surface area contributed by atoms with Crippen molar-refractivity contribution in [2.24, 2.45) is 5.41 Å². The molecule has 2 heterocycles. The van der Waals surface area contributed by atoms with Crippen LogP contribution in [0.1, 0.15) is 87.4 Å². The molecule has 0 aliphatic heterocycles. The van der Waals surface area contributed by atoms with Crippen LogP contribution in [0.3, 0.4) is 0 Å². The van der Waals surface area contributed by atoms with Crippen molar-refractivity contribution < 1.29 is 19.4 Å². The van der Waals surface area contributed by atoms with Gasteiger partial charge in [-0.05, 0) is 73.6 Å². The van der Waals surface area contributed by atoms with Crippen LogP contribution in [-0.4, -0.2) is 33.3 Å². The fourth-order valence-electron chi connectivity index (χ4n) is 4.80. The minimum Gasteiger partial charge on any atom is -0.491 e. The summed E-state index contributed by atoms with van der Waals surface area (Å²) in [5.41, 5.74) is 4.05. The maximum absolute atomic E-state index is 13.0. The molecule has 3 rings (SSSR count). The van der Waals surface area contributed by atoms with E-state index in [4.69, 9.17) is 9.47 Å². The highest BCUT2D eigenvalue weighted by Gasteiger charge is 2.35. The lowest BCUT2D eigenvalue weighted by molar-refractivity contribution is 0.0216. The van der Waals surface area contributed by atoms with Crippen LogP contribution in [0, 0.1) is 12.3 Å². The summed E-state index contributed by atoms with van der Waals surface area (Å²) in [6.45, 7) is 15.5. The second-order valence-corrected chi connectivity index (χ2v) is 10.7. The minimum absolute atomic E-state index is 0.140. The third-order valence-electron chi connectivity index (χ3n) is 7.40. The molecule has 200 valence electrons. The van der Waals surface area contributed by atoms with Crippen LogP contribution in [-0.2, 0) is 23.3 Å². The number of hydrogen-bond donors (Lipinski definition) is 1. The number of aliphatic hydroxyl groups is 1. The first-order chi connectivity index (χ1) is 17.6. The Bertz CT molecular complexity index is 1170. The summed E-state index contributed by atoms with van der Waals surface area (Å²) in [5, 5.41) is 10.4. The predicted octanol–water partition coefficient (Wildman–Crippen LogP) is 6.46. The second-order valence-electron chi connectivity index (χ2n) is 10.7. The maximum Gasteiger partial charge on any atom is 0.355 e. The molecule has 6 heteroatoms. The van der Waals surface area contributed by atoms with Crippen LogP contribution >= 0.6 is 0 Å². The number of aryl methyl sites for hydroxylation is 1. The van der Waals surface area contributed by atoms with E-state index in [0.717, 1.165) is 35.5 Å². The fraction of sp³-hybridized carbons (Fsp3) is 0.484. The average molecular weight is 507 g/mol. The Balaban J connectivity index is 1.89. The Morgan fingerprint density at radius 2 is 1.78 bits per heavy atom. The van der Waals surface area contributed by atoms with E-state index < -0.39 is 6.10 Å². The number of nitrogens with zero attached hydrogens (tertiary/aromatic N) is 2. The van der Waals surface area contributed by atoms with Crippen LogP contribution in [0.25, 0.3) is 0 Å². The standard InChI is InChI=1S/C31H42N2O4/c1-8-31(9-2,23-14-16-26(22(4)19-23)36-21-28(34)30(5,6)7)27-17-15-25(33(27)10-3)29(35)37-20-24-13-11-12-18-32-24/h11-19,28,34H,8-10,20-21H2,1-7H3. The van der Waals surface area contributed by atoms with Gasteiger partial charge in [0.25, 0.3) is 0 Å². The number of esters is 1. The zero-order chi connectivity index (χ0) is 27.2. The molecular formula is C31H42N2O4. The summed E-state index contributed by atoms with van der Waals surface area (Å²) in [4.78, 5) is 17.3. The summed E-state index contributed by atoms with van der Waals surface area (Å²) in [5.74, 6) is 0.426. The van der Waals surface area contributed by atoms with Crippen LogP contribution in [0.2, 0.25) is 0 Å². The van der Waals surface area contributed by atoms with Crippen LogP contribution in [0.4, 0.5) is 0 Å². The first-order valence-corrected chi connectivity index (χ1v) is 13.3. The van der Waals surface area contributed by atoms with Crippen LogP contribution in [0.5, 0.6) is 5.75 Å². The summed E-state index contributed by atoms with van der Waals surface area (Å²) >= 11 is 0. The number of benzene rings is 1. The second kappa shape index (κ2) is 12.0. The van der Waals surface area contributed by atoms with Crippen molar-refractivity contribution in [1.29, 1.82) is 0 Å². The quantitative estimate of drug-likeness (QED) is 0.302. The molecule has 0 fully saturated rings. The lowest BCUT2D eigenvalue weighted by atomic mass is 9.72. The van der Waals surface area contributed by atoms with Crippen molar-refractivity contribution in [3.8, 4) is 5.75 Å². The molecule has 3 aromatic rings. The van der Waals surface area contributed by atoms with Crippen molar-refractivity contribution in [3.63, 3.8) is 0 Å². The molecule has 0 saturated heterocycles. The fourth-order valence-corrected chi connectivity index (χ4v) is 4.80. The van der Waals surface area contributed by atoms with Gasteiger partial charge in [-0.25, -0.2) is 4.79 Å². The van der Waals surface area contributed by atoms with E-state index in [0.29, 0.717) is 12.2 Å². The molecule has 0 bridgehead atoms. The first kappa shape index (κ1) is 28.5. The average Bonchev–Trinajstić information content (AvgIpc) is 3.32. The number of aliphatic hydroxyl groups excluding tert-OH is 1. The van der Waals surface area contributed by atoms with Crippen molar-refractivity contribution in [2.45, 2.75) is 86.0 Å². The number of rotatable bonds is 11. The highest BCUT2D eigenvalue weighted by molar-refractivity contribution is 5.88. The Hall–Kier alpha value is -3.12. The number of hydrogen-bond acceptors (Lipinski definition) is 5. The lowest BCUT2D eigenvalue weighted by Crippen LogP contribution is -2.32. The first-order valence-electron chi connectivity index (χ1n) is 13.3. The van der Waals surface area contributed by atoms with E-state index in [-0.39, 0.29) is 30.0 Å².